The first-order valence-corrected chi connectivity index (χ1v) is 9.83. The molecule has 1 fully saturated rings. The van der Waals surface area contributed by atoms with Crippen molar-refractivity contribution < 1.29 is 8.42 Å². The maximum Gasteiger partial charge on any atom is 0.216 e. The summed E-state index contributed by atoms with van der Waals surface area (Å²) in [6.45, 7) is 2.13. The molecule has 2 atom stereocenters. The summed E-state index contributed by atoms with van der Waals surface area (Å²) in [5, 5.41) is 9.59. The molecule has 0 aliphatic heterocycles. The zero-order valence-electron chi connectivity index (χ0n) is 12.1. The molecule has 21 heavy (non-hydrogen) atoms. The first-order valence-electron chi connectivity index (χ1n) is 7.13. The van der Waals surface area contributed by atoms with Crippen LogP contribution in [0, 0.1) is 11.3 Å². The summed E-state index contributed by atoms with van der Waals surface area (Å²) in [5.74, 6) is 0.943. The second-order valence-electron chi connectivity index (χ2n) is 5.23. The van der Waals surface area contributed by atoms with Crippen LogP contribution in [-0.2, 0) is 15.8 Å². The quantitative estimate of drug-likeness (QED) is 0.873. The van der Waals surface area contributed by atoms with Crippen LogP contribution in [0.2, 0.25) is 0 Å². The number of sulfonamides is 1. The zero-order valence-corrected chi connectivity index (χ0v) is 13.7. The lowest BCUT2D eigenvalue weighted by Gasteiger charge is -2.14. The normalized spacial score (nSPS) is 22.1. The maximum atomic E-state index is 12.3. The highest BCUT2D eigenvalue weighted by molar-refractivity contribution is 7.99. The van der Waals surface area contributed by atoms with Gasteiger partial charge in [0.25, 0.3) is 0 Å². The topological polar surface area (TPSA) is 70.0 Å². The fourth-order valence-corrected chi connectivity index (χ4v) is 5.30. The third kappa shape index (κ3) is 4.73. The van der Waals surface area contributed by atoms with Crippen LogP contribution in [0.25, 0.3) is 0 Å². The molecule has 114 valence electrons. The molecule has 2 unspecified atom stereocenters. The van der Waals surface area contributed by atoms with Crippen molar-refractivity contribution in [3.05, 3.63) is 35.4 Å². The van der Waals surface area contributed by atoms with Crippen LogP contribution in [-0.4, -0.2) is 25.5 Å². The molecule has 0 bridgehead atoms. The fourth-order valence-electron chi connectivity index (χ4n) is 2.69. The number of thioether (sulfide) groups is 1. The Hall–Kier alpha value is -1.03. The molecule has 4 nitrogen and oxygen atoms in total. The third-order valence-electron chi connectivity index (χ3n) is 3.62. The molecule has 0 aromatic heterocycles. The summed E-state index contributed by atoms with van der Waals surface area (Å²) >= 11 is 1.90. The number of hydrogen-bond acceptors (Lipinski definition) is 4. The van der Waals surface area contributed by atoms with Crippen molar-refractivity contribution in [1.82, 2.24) is 4.72 Å². The first kappa shape index (κ1) is 16.3. The lowest BCUT2D eigenvalue weighted by Crippen LogP contribution is -2.34. The number of nitriles is 1. The van der Waals surface area contributed by atoms with E-state index in [1.165, 1.54) is 0 Å². The van der Waals surface area contributed by atoms with Crippen molar-refractivity contribution in [2.75, 3.05) is 5.75 Å². The van der Waals surface area contributed by atoms with Crippen molar-refractivity contribution in [3.8, 4) is 6.07 Å². The van der Waals surface area contributed by atoms with Gasteiger partial charge in [-0.25, -0.2) is 13.1 Å². The van der Waals surface area contributed by atoms with Crippen LogP contribution in [0.5, 0.6) is 0 Å². The Morgan fingerprint density at radius 1 is 1.38 bits per heavy atom. The average Bonchev–Trinajstić information content (AvgIpc) is 2.86. The number of rotatable bonds is 6. The second kappa shape index (κ2) is 7.30. The summed E-state index contributed by atoms with van der Waals surface area (Å²) in [7, 11) is -3.40. The molecule has 0 amide bonds. The first-order chi connectivity index (χ1) is 10.0. The van der Waals surface area contributed by atoms with E-state index in [0.717, 1.165) is 25.0 Å². The Labute approximate surface area is 131 Å². The molecule has 1 N–H and O–H groups in total. The van der Waals surface area contributed by atoms with Crippen LogP contribution >= 0.6 is 11.8 Å². The molecule has 0 spiro atoms. The smallest absolute Gasteiger partial charge is 0.212 e. The highest BCUT2D eigenvalue weighted by atomic mass is 32.2. The summed E-state index contributed by atoms with van der Waals surface area (Å²) < 4.78 is 27.3. The molecular weight excluding hydrogens is 304 g/mol. The Morgan fingerprint density at radius 3 is 2.86 bits per heavy atom. The Balaban J connectivity index is 1.98. The zero-order chi connectivity index (χ0) is 15.3. The molecule has 1 saturated carbocycles. The average molecular weight is 324 g/mol. The van der Waals surface area contributed by atoms with Gasteiger partial charge in [-0.1, -0.05) is 25.1 Å². The van der Waals surface area contributed by atoms with Crippen LogP contribution in [0.3, 0.4) is 0 Å². The van der Waals surface area contributed by atoms with Crippen molar-refractivity contribution in [3.63, 3.8) is 0 Å². The van der Waals surface area contributed by atoms with Crippen LogP contribution < -0.4 is 4.72 Å². The van der Waals surface area contributed by atoms with Gasteiger partial charge in [-0.2, -0.15) is 17.0 Å². The van der Waals surface area contributed by atoms with Gasteiger partial charge in [-0.15, -0.1) is 0 Å². The Morgan fingerprint density at radius 2 is 2.14 bits per heavy atom. The largest absolute Gasteiger partial charge is 0.216 e. The van der Waals surface area contributed by atoms with E-state index in [1.54, 1.807) is 24.3 Å². The molecule has 0 radical (unpaired) electrons. The van der Waals surface area contributed by atoms with Gasteiger partial charge >= 0.3 is 0 Å². The SMILES string of the molecule is CCSC1CCC(NS(=O)(=O)Cc2ccccc2C#N)C1. The molecule has 2 rings (SSSR count). The Kier molecular flexibility index (Phi) is 5.68. The fraction of sp³-hybridized carbons (Fsp3) is 0.533. The minimum absolute atomic E-state index is 0.0355. The van der Waals surface area contributed by atoms with Gasteiger partial charge in [0.2, 0.25) is 10.0 Å². The van der Waals surface area contributed by atoms with Gasteiger partial charge in [0, 0.05) is 11.3 Å². The van der Waals surface area contributed by atoms with E-state index in [1.807, 2.05) is 17.8 Å². The molecular formula is C15H20N2O2S2. The van der Waals surface area contributed by atoms with Crippen molar-refractivity contribution >= 4 is 21.8 Å². The predicted molar refractivity (Wildman–Crippen MR) is 86.5 cm³/mol. The van der Waals surface area contributed by atoms with E-state index in [-0.39, 0.29) is 11.8 Å². The number of benzene rings is 1. The van der Waals surface area contributed by atoms with Crippen LogP contribution in [0.1, 0.15) is 37.3 Å². The molecule has 1 aliphatic carbocycles. The number of hydrogen-bond donors (Lipinski definition) is 1. The minimum Gasteiger partial charge on any atom is -0.212 e. The van der Waals surface area contributed by atoms with Crippen LogP contribution in [0.15, 0.2) is 24.3 Å². The monoisotopic (exact) mass is 324 g/mol. The molecule has 1 aromatic carbocycles. The summed E-state index contributed by atoms with van der Waals surface area (Å²) in [6.07, 6.45) is 2.87. The number of nitrogens with zero attached hydrogens (tertiary/aromatic N) is 1. The van der Waals surface area contributed by atoms with Crippen molar-refractivity contribution in [1.29, 1.82) is 5.26 Å². The van der Waals surface area contributed by atoms with Gasteiger partial charge in [0.1, 0.15) is 0 Å². The van der Waals surface area contributed by atoms with E-state index >= 15 is 0 Å². The maximum absolute atomic E-state index is 12.3. The third-order valence-corrected chi connectivity index (χ3v) is 6.23. The van der Waals surface area contributed by atoms with Gasteiger partial charge < -0.3 is 0 Å². The highest BCUT2D eigenvalue weighted by Crippen LogP contribution is 2.30. The van der Waals surface area contributed by atoms with E-state index in [4.69, 9.17) is 5.26 Å². The highest BCUT2D eigenvalue weighted by Gasteiger charge is 2.28. The molecule has 0 saturated heterocycles. The van der Waals surface area contributed by atoms with E-state index < -0.39 is 10.0 Å². The van der Waals surface area contributed by atoms with Crippen molar-refractivity contribution in [2.45, 2.75) is 43.2 Å². The lowest BCUT2D eigenvalue weighted by molar-refractivity contribution is 0.552. The summed E-state index contributed by atoms with van der Waals surface area (Å²) in [6, 6.07) is 8.92. The second-order valence-corrected chi connectivity index (χ2v) is 8.56. The minimum atomic E-state index is -3.40. The van der Waals surface area contributed by atoms with Gasteiger partial charge in [-0.3, -0.25) is 0 Å². The predicted octanol–water partition coefficient (Wildman–Crippen LogP) is 2.65. The summed E-state index contributed by atoms with van der Waals surface area (Å²) in [4.78, 5) is 0. The standard InChI is InChI=1S/C15H20N2O2S2/c1-2-20-15-8-7-14(9-15)17-21(18,19)11-13-6-4-3-5-12(13)10-16/h3-6,14-15,17H,2,7-9,11H2,1H3. The molecule has 0 heterocycles. The van der Waals surface area contributed by atoms with Gasteiger partial charge in [0.15, 0.2) is 0 Å². The molecule has 6 heteroatoms. The Bertz CT molecular complexity index is 623. The van der Waals surface area contributed by atoms with Gasteiger partial charge in [-0.05, 0) is 36.6 Å². The summed E-state index contributed by atoms with van der Waals surface area (Å²) in [5.41, 5.74) is 0.985. The van der Waals surface area contributed by atoms with Crippen LogP contribution in [0.4, 0.5) is 0 Å². The number of nitrogens with one attached hydrogen (secondary N) is 1. The molecule has 1 aromatic rings. The van der Waals surface area contributed by atoms with E-state index in [2.05, 4.69) is 11.6 Å². The van der Waals surface area contributed by atoms with Crippen molar-refractivity contribution in [2.24, 2.45) is 0 Å². The van der Waals surface area contributed by atoms with Gasteiger partial charge in [0.05, 0.1) is 17.4 Å². The lowest BCUT2D eigenvalue weighted by atomic mass is 10.1. The van der Waals surface area contributed by atoms with E-state index in [9.17, 15) is 8.42 Å². The molecule has 1 aliphatic rings. The van der Waals surface area contributed by atoms with E-state index in [0.29, 0.717) is 16.4 Å².